The first kappa shape index (κ1) is 17.0. The van der Waals surface area contributed by atoms with Gasteiger partial charge in [0.25, 0.3) is 0 Å². The van der Waals surface area contributed by atoms with Gasteiger partial charge < -0.3 is 9.84 Å². The van der Waals surface area contributed by atoms with E-state index in [0.29, 0.717) is 12.3 Å². The molecule has 2 fully saturated rings. The lowest BCUT2D eigenvalue weighted by molar-refractivity contribution is -0.135. The maximum absolute atomic E-state index is 11.6. The predicted octanol–water partition coefficient (Wildman–Crippen LogP) is 4.24. The lowest BCUT2D eigenvalue weighted by Gasteiger charge is -2.17. The van der Waals surface area contributed by atoms with Gasteiger partial charge in [0, 0.05) is 6.42 Å². The number of cyclic esters (lactones) is 1. The van der Waals surface area contributed by atoms with Crippen molar-refractivity contribution in [2.24, 2.45) is 5.92 Å². The van der Waals surface area contributed by atoms with Crippen LogP contribution in [-0.4, -0.2) is 23.5 Å². The first-order valence-corrected chi connectivity index (χ1v) is 8.81. The number of hydrogen-bond donors (Lipinski definition) is 1. The minimum Gasteiger partial charge on any atom is -0.511 e. The number of esters is 1. The van der Waals surface area contributed by atoms with E-state index in [9.17, 15) is 14.7 Å². The smallest absolute Gasteiger partial charge is 0.345 e. The standard InChI is InChI=1S/C18H28O4/c19-15(17-16(20)13-22-18(17)21)12-14-10-8-6-4-2-1-3-5-7-9-11-14/h14,19H,1-13H2. The molecule has 0 aromatic rings. The topological polar surface area (TPSA) is 63.6 Å². The third-order valence-corrected chi connectivity index (χ3v) is 4.81. The van der Waals surface area contributed by atoms with Crippen LogP contribution >= 0.6 is 0 Å². The third kappa shape index (κ3) is 5.15. The van der Waals surface area contributed by atoms with Gasteiger partial charge in [-0.1, -0.05) is 70.6 Å². The Labute approximate surface area is 132 Å². The Balaban J connectivity index is 1.93. The molecule has 0 aromatic carbocycles. The zero-order chi connectivity index (χ0) is 15.8. The lowest BCUT2D eigenvalue weighted by Crippen LogP contribution is -2.10. The maximum Gasteiger partial charge on any atom is 0.345 e. The molecule has 1 aliphatic carbocycles. The molecule has 0 radical (unpaired) electrons. The molecule has 0 spiro atoms. The predicted molar refractivity (Wildman–Crippen MR) is 84.5 cm³/mol. The van der Waals surface area contributed by atoms with E-state index in [2.05, 4.69) is 0 Å². The van der Waals surface area contributed by atoms with Gasteiger partial charge in [0.05, 0.1) is 0 Å². The van der Waals surface area contributed by atoms with Crippen LogP contribution in [0, 0.1) is 5.92 Å². The van der Waals surface area contributed by atoms with Crippen molar-refractivity contribution >= 4 is 11.8 Å². The van der Waals surface area contributed by atoms with Gasteiger partial charge >= 0.3 is 5.97 Å². The van der Waals surface area contributed by atoms with Crippen LogP contribution in [0.4, 0.5) is 0 Å². The quantitative estimate of drug-likeness (QED) is 0.359. The number of carbonyl (C=O) groups is 2. The summed E-state index contributed by atoms with van der Waals surface area (Å²) in [6.07, 6.45) is 14.0. The molecular formula is C18H28O4. The molecule has 0 unspecified atom stereocenters. The van der Waals surface area contributed by atoms with E-state index < -0.39 is 5.97 Å². The lowest BCUT2D eigenvalue weighted by atomic mass is 9.89. The van der Waals surface area contributed by atoms with Crippen LogP contribution in [0.25, 0.3) is 0 Å². The monoisotopic (exact) mass is 308 g/mol. The van der Waals surface area contributed by atoms with Gasteiger partial charge in [-0.2, -0.15) is 0 Å². The molecule has 124 valence electrons. The number of Topliss-reactive ketones (excluding diaryl/α,β-unsaturated/α-hetero) is 1. The average molecular weight is 308 g/mol. The average Bonchev–Trinajstić information content (AvgIpc) is 2.81. The Morgan fingerprint density at radius 3 is 1.86 bits per heavy atom. The van der Waals surface area contributed by atoms with Gasteiger partial charge in [0.15, 0.2) is 6.61 Å². The second-order valence-electron chi connectivity index (χ2n) is 6.65. The zero-order valence-electron chi connectivity index (χ0n) is 13.4. The molecule has 1 N–H and O–H groups in total. The van der Waals surface area contributed by atoms with E-state index >= 15 is 0 Å². The molecule has 0 atom stereocenters. The number of allylic oxidation sites excluding steroid dienone is 1. The van der Waals surface area contributed by atoms with Crippen LogP contribution in [-0.2, 0) is 14.3 Å². The number of rotatable bonds is 2. The molecule has 0 aromatic heterocycles. The van der Waals surface area contributed by atoms with Crippen molar-refractivity contribution in [2.75, 3.05) is 6.61 Å². The summed E-state index contributed by atoms with van der Waals surface area (Å²) < 4.78 is 4.69. The molecule has 4 heteroatoms. The number of hydrogen-bond acceptors (Lipinski definition) is 4. The minimum absolute atomic E-state index is 0.0513. The zero-order valence-corrected chi connectivity index (χ0v) is 13.4. The number of carbonyl (C=O) groups excluding carboxylic acids is 2. The molecular weight excluding hydrogens is 280 g/mol. The minimum atomic E-state index is -0.657. The molecule has 1 saturated heterocycles. The van der Waals surface area contributed by atoms with E-state index in [-0.39, 0.29) is 23.7 Å². The largest absolute Gasteiger partial charge is 0.511 e. The van der Waals surface area contributed by atoms with Crippen molar-refractivity contribution in [3.8, 4) is 0 Å². The molecule has 2 rings (SSSR count). The molecule has 1 saturated carbocycles. The summed E-state index contributed by atoms with van der Waals surface area (Å²) in [5.74, 6) is -0.718. The summed E-state index contributed by atoms with van der Waals surface area (Å²) in [5, 5.41) is 10.2. The number of aliphatic hydroxyl groups excluding tert-OH is 1. The van der Waals surface area contributed by atoms with Crippen LogP contribution in [0.2, 0.25) is 0 Å². The highest BCUT2D eigenvalue weighted by Crippen LogP contribution is 2.27. The molecule has 2 aliphatic rings. The molecule has 0 amide bonds. The highest BCUT2D eigenvalue weighted by atomic mass is 16.5. The van der Waals surface area contributed by atoms with Gasteiger partial charge in [0.2, 0.25) is 5.78 Å². The Morgan fingerprint density at radius 2 is 1.41 bits per heavy atom. The van der Waals surface area contributed by atoms with Gasteiger partial charge in [-0.15, -0.1) is 0 Å². The van der Waals surface area contributed by atoms with Crippen LogP contribution in [0.1, 0.15) is 77.0 Å². The highest BCUT2D eigenvalue weighted by Gasteiger charge is 2.32. The van der Waals surface area contributed by atoms with Gasteiger partial charge in [-0.05, 0) is 5.92 Å². The maximum atomic E-state index is 11.6. The number of aliphatic hydroxyl groups is 1. The van der Waals surface area contributed by atoms with Gasteiger partial charge in [-0.3, -0.25) is 4.79 Å². The van der Waals surface area contributed by atoms with E-state index in [4.69, 9.17) is 4.74 Å². The van der Waals surface area contributed by atoms with Crippen LogP contribution in [0.3, 0.4) is 0 Å². The Hall–Kier alpha value is -1.32. The van der Waals surface area contributed by atoms with Crippen molar-refractivity contribution in [2.45, 2.75) is 77.0 Å². The molecule has 4 nitrogen and oxygen atoms in total. The molecule has 1 aliphatic heterocycles. The van der Waals surface area contributed by atoms with Gasteiger partial charge in [0.1, 0.15) is 11.3 Å². The molecule has 0 bridgehead atoms. The van der Waals surface area contributed by atoms with E-state index in [1.165, 1.54) is 57.8 Å². The summed E-state index contributed by atoms with van der Waals surface area (Å²) in [6, 6.07) is 0. The fourth-order valence-corrected chi connectivity index (χ4v) is 3.50. The van der Waals surface area contributed by atoms with Crippen molar-refractivity contribution < 1.29 is 19.4 Å². The second-order valence-corrected chi connectivity index (χ2v) is 6.65. The van der Waals surface area contributed by atoms with E-state index in [1.807, 2.05) is 0 Å². The molecule has 1 heterocycles. The molecule has 22 heavy (non-hydrogen) atoms. The Bertz CT molecular complexity index is 395. The summed E-state index contributed by atoms with van der Waals surface area (Å²) >= 11 is 0. The van der Waals surface area contributed by atoms with Crippen molar-refractivity contribution in [1.29, 1.82) is 0 Å². The summed E-state index contributed by atoms with van der Waals surface area (Å²) in [5.41, 5.74) is -0.105. The van der Waals surface area contributed by atoms with Crippen LogP contribution in [0.15, 0.2) is 11.3 Å². The summed E-state index contributed by atoms with van der Waals surface area (Å²) in [7, 11) is 0. The third-order valence-electron chi connectivity index (χ3n) is 4.81. The Kier molecular flexibility index (Phi) is 6.94. The Morgan fingerprint density at radius 1 is 0.909 bits per heavy atom. The summed E-state index contributed by atoms with van der Waals surface area (Å²) in [6.45, 7) is -0.219. The van der Waals surface area contributed by atoms with E-state index in [0.717, 1.165) is 12.8 Å². The van der Waals surface area contributed by atoms with Crippen LogP contribution < -0.4 is 0 Å². The van der Waals surface area contributed by atoms with Crippen molar-refractivity contribution in [3.05, 3.63) is 11.3 Å². The number of ether oxygens (including phenoxy) is 1. The summed E-state index contributed by atoms with van der Waals surface area (Å²) in [4.78, 5) is 23.1. The normalized spacial score (nSPS) is 25.3. The number of ketones is 1. The SMILES string of the molecule is O=C1COC(=O)C1=C(O)CC1CCCCCCCCCCC1. The van der Waals surface area contributed by atoms with Crippen molar-refractivity contribution in [3.63, 3.8) is 0 Å². The first-order valence-electron chi connectivity index (χ1n) is 8.81. The van der Waals surface area contributed by atoms with Gasteiger partial charge in [-0.25, -0.2) is 4.79 Å². The first-order chi connectivity index (χ1) is 10.7. The fraction of sp³-hybridized carbons (Fsp3) is 0.778. The van der Waals surface area contributed by atoms with E-state index in [1.54, 1.807) is 0 Å². The van der Waals surface area contributed by atoms with Crippen LogP contribution in [0.5, 0.6) is 0 Å². The van der Waals surface area contributed by atoms with Crippen molar-refractivity contribution in [1.82, 2.24) is 0 Å². The second kappa shape index (κ2) is 8.96. The fourth-order valence-electron chi connectivity index (χ4n) is 3.50. The highest BCUT2D eigenvalue weighted by molar-refractivity contribution is 6.22.